The van der Waals surface area contributed by atoms with Gasteiger partial charge in [-0.3, -0.25) is 19.3 Å². The summed E-state index contributed by atoms with van der Waals surface area (Å²) in [6.07, 6.45) is 2.60. The molecule has 150 valence electrons. The molecule has 1 saturated carbocycles. The third kappa shape index (κ3) is 3.75. The second-order valence-electron chi connectivity index (χ2n) is 7.48. The van der Waals surface area contributed by atoms with E-state index in [4.69, 9.17) is 4.74 Å². The topological polar surface area (TPSA) is 75.7 Å². The normalized spacial score (nSPS) is 21.1. The maximum absolute atomic E-state index is 12.7. The molecule has 0 saturated heterocycles. The lowest BCUT2D eigenvalue weighted by Gasteiger charge is -2.32. The van der Waals surface area contributed by atoms with Crippen molar-refractivity contribution in [2.45, 2.75) is 38.6 Å². The van der Waals surface area contributed by atoms with Crippen LogP contribution in [0.2, 0.25) is 0 Å². The van der Waals surface area contributed by atoms with E-state index >= 15 is 0 Å². The summed E-state index contributed by atoms with van der Waals surface area (Å²) >= 11 is 0. The number of rotatable bonds is 5. The molecule has 6 nitrogen and oxygen atoms in total. The molecule has 1 fully saturated rings. The van der Waals surface area contributed by atoms with Crippen molar-refractivity contribution < 1.29 is 19.1 Å². The van der Waals surface area contributed by atoms with Crippen LogP contribution in [0.4, 0.5) is 5.69 Å². The smallest absolute Gasteiger partial charge is 0.261 e. The summed E-state index contributed by atoms with van der Waals surface area (Å²) < 4.78 is 5.41. The molecule has 1 N–H and O–H groups in total. The number of fused-ring (bicyclic) bond motifs is 1. The van der Waals surface area contributed by atoms with E-state index in [0.29, 0.717) is 43.4 Å². The molecule has 0 spiro atoms. The van der Waals surface area contributed by atoms with Gasteiger partial charge >= 0.3 is 0 Å². The Labute approximate surface area is 169 Å². The van der Waals surface area contributed by atoms with E-state index in [1.165, 1.54) is 4.90 Å². The van der Waals surface area contributed by atoms with Crippen molar-refractivity contribution in [2.24, 2.45) is 5.92 Å². The summed E-state index contributed by atoms with van der Waals surface area (Å²) in [6, 6.07) is 14.1. The third-order valence-electron chi connectivity index (χ3n) is 5.69. The molecule has 0 unspecified atom stereocenters. The number of nitrogens with zero attached hydrogens (tertiary/aromatic N) is 1. The lowest BCUT2D eigenvalue weighted by atomic mass is 9.84. The number of carbonyl (C=O) groups is 3. The number of benzene rings is 2. The van der Waals surface area contributed by atoms with E-state index in [2.05, 4.69) is 5.32 Å². The summed E-state index contributed by atoms with van der Waals surface area (Å²) in [5.74, 6) is 0.204. The number of imide groups is 1. The van der Waals surface area contributed by atoms with Crippen LogP contribution in [-0.2, 0) is 4.79 Å². The Hall–Kier alpha value is -3.15. The minimum atomic E-state index is -0.215. The lowest BCUT2D eigenvalue weighted by molar-refractivity contribution is -0.121. The highest BCUT2D eigenvalue weighted by molar-refractivity contribution is 6.21. The first-order chi connectivity index (χ1) is 14.1. The molecule has 2 aliphatic rings. The summed E-state index contributed by atoms with van der Waals surface area (Å²) in [5, 5.41) is 2.96. The quantitative estimate of drug-likeness (QED) is 0.784. The van der Waals surface area contributed by atoms with Crippen molar-refractivity contribution in [1.82, 2.24) is 4.90 Å². The van der Waals surface area contributed by atoms with Crippen LogP contribution < -0.4 is 10.1 Å². The zero-order chi connectivity index (χ0) is 20.4. The fourth-order valence-electron chi connectivity index (χ4n) is 4.18. The number of carbonyl (C=O) groups excluding carboxylic acids is 3. The van der Waals surface area contributed by atoms with Crippen LogP contribution in [0.25, 0.3) is 0 Å². The molecule has 3 amide bonds. The lowest BCUT2D eigenvalue weighted by Crippen LogP contribution is -2.43. The van der Waals surface area contributed by atoms with Crippen LogP contribution in [0.3, 0.4) is 0 Å². The van der Waals surface area contributed by atoms with Crippen LogP contribution in [-0.4, -0.2) is 35.3 Å². The van der Waals surface area contributed by atoms with Crippen molar-refractivity contribution >= 4 is 23.4 Å². The van der Waals surface area contributed by atoms with Gasteiger partial charge in [0.1, 0.15) is 5.75 Å². The molecular weight excluding hydrogens is 368 g/mol. The number of nitrogens with one attached hydrogen (secondary N) is 1. The van der Waals surface area contributed by atoms with Crippen molar-refractivity contribution in [3.05, 3.63) is 59.7 Å². The van der Waals surface area contributed by atoms with Gasteiger partial charge < -0.3 is 10.1 Å². The standard InChI is InChI=1S/C23H24N2O4/c1-2-29-18-13-9-16(10-14-18)24-21(26)15-7-11-17(12-8-15)25-22(27)19-5-3-4-6-20(19)23(25)28/h3-6,9-10,13-15,17H,2,7-8,11-12H2,1H3,(H,24,26). The highest BCUT2D eigenvalue weighted by Crippen LogP contribution is 2.33. The van der Waals surface area contributed by atoms with Gasteiger partial charge in [-0.2, -0.15) is 0 Å². The first-order valence-corrected chi connectivity index (χ1v) is 10.1. The molecule has 4 rings (SSSR count). The highest BCUT2D eigenvalue weighted by Gasteiger charge is 2.41. The van der Waals surface area contributed by atoms with Crippen LogP contribution in [0.1, 0.15) is 53.3 Å². The molecule has 0 aromatic heterocycles. The Morgan fingerprint density at radius 1 is 0.966 bits per heavy atom. The molecule has 6 heteroatoms. The van der Waals surface area contributed by atoms with Crippen LogP contribution in [0, 0.1) is 5.92 Å². The highest BCUT2D eigenvalue weighted by atomic mass is 16.5. The number of ether oxygens (including phenoxy) is 1. The summed E-state index contributed by atoms with van der Waals surface area (Å²) in [7, 11) is 0. The second kappa shape index (κ2) is 8.07. The van der Waals surface area contributed by atoms with Crippen LogP contribution in [0.5, 0.6) is 5.75 Å². The maximum atomic E-state index is 12.7. The Kier molecular flexibility index (Phi) is 5.34. The van der Waals surface area contributed by atoms with Gasteiger partial charge in [0.15, 0.2) is 0 Å². The van der Waals surface area contributed by atoms with Gasteiger partial charge in [-0.15, -0.1) is 0 Å². The Balaban J connectivity index is 1.34. The SMILES string of the molecule is CCOc1ccc(NC(=O)C2CCC(N3C(=O)c4ccccc4C3=O)CC2)cc1. The van der Waals surface area contributed by atoms with E-state index in [-0.39, 0.29) is 29.7 Å². The Bertz CT molecular complexity index is 895. The second-order valence-corrected chi connectivity index (χ2v) is 7.48. The van der Waals surface area contributed by atoms with Crippen molar-refractivity contribution in [1.29, 1.82) is 0 Å². The fraction of sp³-hybridized carbons (Fsp3) is 0.348. The molecular formula is C23H24N2O4. The van der Waals surface area contributed by atoms with Gasteiger partial charge in [0.2, 0.25) is 5.91 Å². The number of hydrogen-bond donors (Lipinski definition) is 1. The summed E-state index contributed by atoms with van der Waals surface area (Å²) in [4.78, 5) is 39.3. The van der Waals surface area contributed by atoms with E-state index < -0.39 is 0 Å². The molecule has 0 bridgehead atoms. The molecule has 1 heterocycles. The number of amides is 3. The van der Waals surface area contributed by atoms with Gasteiger partial charge in [-0.1, -0.05) is 12.1 Å². The summed E-state index contributed by atoms with van der Waals surface area (Å²) in [6.45, 7) is 2.52. The predicted octanol–water partition coefficient (Wildman–Crippen LogP) is 3.88. The summed E-state index contributed by atoms with van der Waals surface area (Å²) in [5.41, 5.74) is 1.70. The van der Waals surface area contributed by atoms with Crippen LogP contribution >= 0.6 is 0 Å². The van der Waals surface area contributed by atoms with Gasteiger partial charge in [-0.25, -0.2) is 0 Å². The zero-order valence-corrected chi connectivity index (χ0v) is 16.4. The minimum Gasteiger partial charge on any atom is -0.494 e. The van der Waals surface area contributed by atoms with Crippen molar-refractivity contribution in [3.63, 3.8) is 0 Å². The average molecular weight is 392 g/mol. The van der Waals surface area contributed by atoms with E-state index in [9.17, 15) is 14.4 Å². The van der Waals surface area contributed by atoms with E-state index in [0.717, 1.165) is 11.4 Å². The number of hydrogen-bond acceptors (Lipinski definition) is 4. The zero-order valence-electron chi connectivity index (χ0n) is 16.4. The molecule has 1 aliphatic heterocycles. The molecule has 29 heavy (non-hydrogen) atoms. The molecule has 0 radical (unpaired) electrons. The Morgan fingerprint density at radius 3 is 2.10 bits per heavy atom. The molecule has 0 atom stereocenters. The van der Waals surface area contributed by atoms with Crippen molar-refractivity contribution in [3.8, 4) is 5.75 Å². The van der Waals surface area contributed by atoms with Gasteiger partial charge in [0.05, 0.1) is 17.7 Å². The van der Waals surface area contributed by atoms with Gasteiger partial charge in [-0.05, 0) is 69.0 Å². The third-order valence-corrected chi connectivity index (χ3v) is 5.69. The molecule has 2 aromatic carbocycles. The predicted molar refractivity (Wildman–Crippen MR) is 109 cm³/mol. The van der Waals surface area contributed by atoms with E-state index in [1.54, 1.807) is 24.3 Å². The fourth-order valence-corrected chi connectivity index (χ4v) is 4.18. The van der Waals surface area contributed by atoms with E-state index in [1.807, 2.05) is 31.2 Å². The van der Waals surface area contributed by atoms with Gasteiger partial charge in [0.25, 0.3) is 11.8 Å². The largest absolute Gasteiger partial charge is 0.494 e. The molecule has 2 aromatic rings. The monoisotopic (exact) mass is 392 g/mol. The first kappa shape index (κ1) is 19.2. The van der Waals surface area contributed by atoms with Crippen LogP contribution in [0.15, 0.2) is 48.5 Å². The minimum absolute atomic E-state index is 0.0185. The maximum Gasteiger partial charge on any atom is 0.261 e. The first-order valence-electron chi connectivity index (χ1n) is 10.1. The number of anilines is 1. The van der Waals surface area contributed by atoms with Gasteiger partial charge in [0, 0.05) is 17.6 Å². The van der Waals surface area contributed by atoms with Crippen molar-refractivity contribution in [2.75, 3.05) is 11.9 Å². The molecule has 1 aliphatic carbocycles. The Morgan fingerprint density at radius 2 is 1.55 bits per heavy atom. The average Bonchev–Trinajstić information content (AvgIpc) is 3.00.